The molecule has 1 aliphatic heterocycles. The number of piperazine rings is 1. The van der Waals surface area contributed by atoms with Crippen molar-refractivity contribution < 1.29 is 0 Å². The van der Waals surface area contributed by atoms with Gasteiger partial charge in [-0.05, 0) is 12.0 Å². The average Bonchev–Trinajstić information content (AvgIpc) is 2.46. The summed E-state index contributed by atoms with van der Waals surface area (Å²) < 4.78 is 0. The SMILES string of the molecule is CCCCC[C@H](c1ccccc1)N1CCNCC1. The number of rotatable bonds is 6. The first-order valence-electron chi connectivity index (χ1n) is 7.41. The predicted octanol–water partition coefficient (Wildman–Crippen LogP) is 3.21. The second-order valence-corrected chi connectivity index (χ2v) is 5.21. The van der Waals surface area contributed by atoms with E-state index in [9.17, 15) is 0 Å². The van der Waals surface area contributed by atoms with Crippen LogP contribution in [0, 0.1) is 0 Å². The summed E-state index contributed by atoms with van der Waals surface area (Å²) in [6.07, 6.45) is 5.32. The van der Waals surface area contributed by atoms with Gasteiger partial charge >= 0.3 is 0 Å². The highest BCUT2D eigenvalue weighted by Crippen LogP contribution is 2.26. The van der Waals surface area contributed by atoms with Crippen molar-refractivity contribution in [2.24, 2.45) is 0 Å². The molecule has 0 saturated carbocycles. The summed E-state index contributed by atoms with van der Waals surface area (Å²) in [6, 6.07) is 11.7. The summed E-state index contributed by atoms with van der Waals surface area (Å²) in [6.45, 7) is 6.92. The van der Waals surface area contributed by atoms with E-state index in [4.69, 9.17) is 0 Å². The Morgan fingerprint density at radius 1 is 1.11 bits per heavy atom. The Morgan fingerprint density at radius 3 is 2.50 bits per heavy atom. The Hall–Kier alpha value is -0.860. The van der Waals surface area contributed by atoms with Crippen molar-refractivity contribution >= 4 is 0 Å². The van der Waals surface area contributed by atoms with Crippen molar-refractivity contribution in [2.75, 3.05) is 26.2 Å². The fourth-order valence-electron chi connectivity index (χ4n) is 2.82. The van der Waals surface area contributed by atoms with E-state index in [1.54, 1.807) is 0 Å². The Morgan fingerprint density at radius 2 is 1.83 bits per heavy atom. The molecule has 0 bridgehead atoms. The van der Waals surface area contributed by atoms with Gasteiger partial charge in [-0.2, -0.15) is 0 Å². The molecule has 1 aromatic rings. The molecule has 1 saturated heterocycles. The van der Waals surface area contributed by atoms with Gasteiger partial charge in [0.2, 0.25) is 0 Å². The third kappa shape index (κ3) is 3.82. The van der Waals surface area contributed by atoms with Crippen LogP contribution >= 0.6 is 0 Å². The van der Waals surface area contributed by atoms with Gasteiger partial charge in [0.05, 0.1) is 0 Å². The summed E-state index contributed by atoms with van der Waals surface area (Å²) in [5.41, 5.74) is 1.50. The van der Waals surface area contributed by atoms with Gasteiger partial charge in [-0.3, -0.25) is 4.90 Å². The molecule has 0 radical (unpaired) electrons. The average molecular weight is 246 g/mol. The minimum Gasteiger partial charge on any atom is -0.314 e. The third-order valence-electron chi connectivity index (χ3n) is 3.86. The zero-order valence-corrected chi connectivity index (χ0v) is 11.6. The monoisotopic (exact) mass is 246 g/mol. The fraction of sp³-hybridized carbons (Fsp3) is 0.625. The Balaban J connectivity index is 2.01. The van der Waals surface area contributed by atoms with Crippen LogP contribution in [0.25, 0.3) is 0 Å². The molecule has 0 amide bonds. The smallest absolute Gasteiger partial charge is 0.0349 e. The van der Waals surface area contributed by atoms with Gasteiger partial charge < -0.3 is 5.32 Å². The van der Waals surface area contributed by atoms with E-state index in [1.165, 1.54) is 44.3 Å². The normalized spacial score (nSPS) is 18.7. The lowest BCUT2D eigenvalue weighted by Gasteiger charge is -2.35. The summed E-state index contributed by atoms with van der Waals surface area (Å²) in [5, 5.41) is 3.45. The first-order valence-corrected chi connectivity index (χ1v) is 7.41. The van der Waals surface area contributed by atoms with Gasteiger partial charge in [-0.15, -0.1) is 0 Å². The fourth-order valence-corrected chi connectivity index (χ4v) is 2.82. The maximum absolute atomic E-state index is 3.45. The first-order chi connectivity index (χ1) is 8.92. The summed E-state index contributed by atoms with van der Waals surface area (Å²) >= 11 is 0. The predicted molar refractivity (Wildman–Crippen MR) is 77.8 cm³/mol. The zero-order valence-electron chi connectivity index (χ0n) is 11.6. The lowest BCUT2D eigenvalue weighted by molar-refractivity contribution is 0.163. The van der Waals surface area contributed by atoms with Crippen molar-refractivity contribution in [1.29, 1.82) is 0 Å². The number of nitrogens with one attached hydrogen (secondary N) is 1. The van der Waals surface area contributed by atoms with Gasteiger partial charge in [-0.1, -0.05) is 56.5 Å². The van der Waals surface area contributed by atoms with Gasteiger partial charge in [0.25, 0.3) is 0 Å². The molecule has 1 atom stereocenters. The van der Waals surface area contributed by atoms with Crippen molar-refractivity contribution in [3.05, 3.63) is 35.9 Å². The standard InChI is InChI=1S/C16H26N2/c1-2-3-5-10-16(15-8-6-4-7-9-15)18-13-11-17-12-14-18/h4,6-9,16-17H,2-3,5,10-14H2,1H3/t16-/m1/s1. The van der Waals surface area contributed by atoms with Gasteiger partial charge in [0.15, 0.2) is 0 Å². The molecule has 18 heavy (non-hydrogen) atoms. The number of unbranched alkanes of at least 4 members (excludes halogenated alkanes) is 2. The summed E-state index contributed by atoms with van der Waals surface area (Å²) in [7, 11) is 0. The van der Waals surface area contributed by atoms with E-state index >= 15 is 0 Å². The van der Waals surface area contributed by atoms with Crippen LogP contribution in [-0.4, -0.2) is 31.1 Å². The van der Waals surface area contributed by atoms with Crippen LogP contribution in [0.4, 0.5) is 0 Å². The maximum atomic E-state index is 3.45. The second kappa shape index (κ2) is 7.55. The van der Waals surface area contributed by atoms with E-state index in [1.807, 2.05) is 0 Å². The third-order valence-corrected chi connectivity index (χ3v) is 3.86. The molecule has 0 unspecified atom stereocenters. The molecule has 2 rings (SSSR count). The molecule has 2 nitrogen and oxygen atoms in total. The van der Waals surface area contributed by atoms with Crippen LogP contribution in [0.5, 0.6) is 0 Å². The maximum Gasteiger partial charge on any atom is 0.0349 e. The topological polar surface area (TPSA) is 15.3 Å². The first kappa shape index (κ1) is 13.6. The zero-order chi connectivity index (χ0) is 12.6. The van der Waals surface area contributed by atoms with Gasteiger partial charge in [-0.25, -0.2) is 0 Å². The molecule has 2 heteroatoms. The Kier molecular flexibility index (Phi) is 5.69. The van der Waals surface area contributed by atoms with E-state index in [-0.39, 0.29) is 0 Å². The van der Waals surface area contributed by atoms with Crippen LogP contribution in [0.1, 0.15) is 44.2 Å². The molecule has 1 heterocycles. The lowest BCUT2D eigenvalue weighted by Crippen LogP contribution is -2.45. The van der Waals surface area contributed by atoms with Crippen LogP contribution in [0.2, 0.25) is 0 Å². The molecule has 0 aromatic heterocycles. The van der Waals surface area contributed by atoms with E-state index in [0.717, 1.165) is 13.1 Å². The highest BCUT2D eigenvalue weighted by Gasteiger charge is 2.21. The van der Waals surface area contributed by atoms with Crippen LogP contribution in [0.3, 0.4) is 0 Å². The number of benzene rings is 1. The minimum atomic E-state index is 0.625. The van der Waals surface area contributed by atoms with Crippen molar-refractivity contribution in [2.45, 2.75) is 38.6 Å². The number of hydrogen-bond donors (Lipinski definition) is 1. The molecule has 1 N–H and O–H groups in total. The molecule has 100 valence electrons. The summed E-state index contributed by atoms with van der Waals surface area (Å²) in [4.78, 5) is 2.65. The van der Waals surface area contributed by atoms with E-state index in [2.05, 4.69) is 47.5 Å². The lowest BCUT2D eigenvalue weighted by atomic mass is 9.98. The van der Waals surface area contributed by atoms with Crippen LogP contribution in [0.15, 0.2) is 30.3 Å². The molecule has 1 aliphatic rings. The number of hydrogen-bond acceptors (Lipinski definition) is 2. The van der Waals surface area contributed by atoms with Gasteiger partial charge in [0, 0.05) is 32.2 Å². The van der Waals surface area contributed by atoms with E-state index < -0.39 is 0 Å². The molecular weight excluding hydrogens is 220 g/mol. The quantitative estimate of drug-likeness (QED) is 0.775. The van der Waals surface area contributed by atoms with Crippen molar-refractivity contribution in [3.63, 3.8) is 0 Å². The van der Waals surface area contributed by atoms with Gasteiger partial charge in [0.1, 0.15) is 0 Å². The number of nitrogens with zero attached hydrogens (tertiary/aromatic N) is 1. The molecular formula is C16H26N2. The van der Waals surface area contributed by atoms with E-state index in [0.29, 0.717) is 6.04 Å². The van der Waals surface area contributed by atoms with Crippen molar-refractivity contribution in [3.8, 4) is 0 Å². The summed E-state index contributed by atoms with van der Waals surface area (Å²) in [5.74, 6) is 0. The van der Waals surface area contributed by atoms with Crippen LogP contribution in [-0.2, 0) is 0 Å². The Labute approximate surface area is 111 Å². The van der Waals surface area contributed by atoms with Crippen LogP contribution < -0.4 is 5.32 Å². The molecule has 0 aliphatic carbocycles. The highest BCUT2D eigenvalue weighted by molar-refractivity contribution is 5.19. The minimum absolute atomic E-state index is 0.625. The Bertz CT molecular complexity index is 317. The molecule has 1 aromatic carbocycles. The second-order valence-electron chi connectivity index (χ2n) is 5.21. The molecule has 1 fully saturated rings. The van der Waals surface area contributed by atoms with Crippen molar-refractivity contribution in [1.82, 2.24) is 10.2 Å². The largest absolute Gasteiger partial charge is 0.314 e. The highest BCUT2D eigenvalue weighted by atomic mass is 15.2. The molecule has 0 spiro atoms.